The van der Waals surface area contributed by atoms with E-state index in [0.29, 0.717) is 6.42 Å². The molecule has 0 aromatic carbocycles. The third kappa shape index (κ3) is 6.13. The molecule has 8 N–H and O–H groups in total. The zero-order chi connectivity index (χ0) is 19.7. The largest absolute Gasteiger partial charge is 0.322 e. The lowest BCUT2D eigenvalue weighted by atomic mass is 9.80. The molecule has 26 heavy (non-hydrogen) atoms. The summed E-state index contributed by atoms with van der Waals surface area (Å²) in [5.74, 6) is -1.69. The summed E-state index contributed by atoms with van der Waals surface area (Å²) < 4.78 is 0. The average Bonchev–Trinajstić information content (AvgIpc) is 2.68. The van der Waals surface area contributed by atoms with Crippen molar-refractivity contribution in [3.63, 3.8) is 0 Å². The second kappa shape index (κ2) is 11.0. The molecule has 0 spiro atoms. The van der Waals surface area contributed by atoms with Crippen LogP contribution in [0.1, 0.15) is 25.7 Å². The summed E-state index contributed by atoms with van der Waals surface area (Å²) in [7, 11) is 0. The van der Waals surface area contributed by atoms with Crippen molar-refractivity contribution in [3.8, 4) is 0 Å². The molecule has 0 aromatic rings. The van der Waals surface area contributed by atoms with Gasteiger partial charge in [0.25, 0.3) is 0 Å². The fourth-order valence-corrected chi connectivity index (χ4v) is 3.38. The SMILES string of the molecule is NCC(=O)N(CC1CCCC(CN(C(=O)CN)C(=O)CN)C1)C(=O)CN. The van der Waals surface area contributed by atoms with Gasteiger partial charge in [0.05, 0.1) is 26.2 Å². The predicted molar refractivity (Wildman–Crippen MR) is 95.1 cm³/mol. The van der Waals surface area contributed by atoms with E-state index in [9.17, 15) is 19.2 Å². The molecule has 0 radical (unpaired) electrons. The Morgan fingerprint density at radius 3 is 1.23 bits per heavy atom. The Morgan fingerprint density at radius 1 is 0.654 bits per heavy atom. The van der Waals surface area contributed by atoms with Crippen LogP contribution >= 0.6 is 0 Å². The van der Waals surface area contributed by atoms with Gasteiger partial charge in [-0.15, -0.1) is 0 Å². The summed E-state index contributed by atoms with van der Waals surface area (Å²) in [6, 6.07) is 0. The van der Waals surface area contributed by atoms with Gasteiger partial charge in [0.2, 0.25) is 23.6 Å². The number of nitrogens with two attached hydrogens (primary N) is 4. The van der Waals surface area contributed by atoms with Crippen LogP contribution in [0.2, 0.25) is 0 Å². The molecular formula is C16H30N6O4. The van der Waals surface area contributed by atoms with Crippen molar-refractivity contribution < 1.29 is 19.2 Å². The number of carbonyl (C=O) groups excluding carboxylic acids is 4. The van der Waals surface area contributed by atoms with Crippen molar-refractivity contribution in [2.24, 2.45) is 34.8 Å². The van der Waals surface area contributed by atoms with Gasteiger partial charge in [-0.05, 0) is 31.1 Å². The van der Waals surface area contributed by atoms with Crippen LogP contribution in [0.3, 0.4) is 0 Å². The van der Waals surface area contributed by atoms with Gasteiger partial charge in [-0.1, -0.05) is 6.42 Å². The lowest BCUT2D eigenvalue weighted by molar-refractivity contribution is -0.144. The van der Waals surface area contributed by atoms with Crippen LogP contribution in [0.25, 0.3) is 0 Å². The molecule has 10 nitrogen and oxygen atoms in total. The quantitative estimate of drug-likeness (QED) is 0.357. The molecule has 1 fully saturated rings. The van der Waals surface area contributed by atoms with E-state index in [1.54, 1.807) is 0 Å². The Hall–Kier alpha value is -1.88. The van der Waals surface area contributed by atoms with E-state index in [1.807, 2.05) is 0 Å². The molecule has 0 heterocycles. The first kappa shape index (κ1) is 22.2. The Balaban J connectivity index is 2.75. The molecule has 10 heteroatoms. The highest BCUT2D eigenvalue weighted by atomic mass is 16.2. The predicted octanol–water partition coefficient (Wildman–Crippen LogP) is -2.66. The summed E-state index contributed by atoms with van der Waals surface area (Å²) in [4.78, 5) is 49.8. The zero-order valence-corrected chi connectivity index (χ0v) is 15.1. The monoisotopic (exact) mass is 370 g/mol. The first-order chi connectivity index (χ1) is 12.4. The summed E-state index contributed by atoms with van der Waals surface area (Å²) in [5, 5.41) is 0. The van der Waals surface area contributed by atoms with Crippen LogP contribution in [-0.2, 0) is 19.2 Å². The van der Waals surface area contributed by atoms with Crippen molar-refractivity contribution in [1.82, 2.24) is 9.80 Å². The highest BCUT2D eigenvalue weighted by Crippen LogP contribution is 2.30. The molecule has 2 atom stereocenters. The number of imide groups is 2. The summed E-state index contributed by atoms with van der Waals surface area (Å²) in [5.41, 5.74) is 21.5. The van der Waals surface area contributed by atoms with Gasteiger partial charge in [0.1, 0.15) is 0 Å². The lowest BCUT2D eigenvalue weighted by Crippen LogP contribution is -2.48. The van der Waals surface area contributed by atoms with Crippen LogP contribution in [0.15, 0.2) is 0 Å². The van der Waals surface area contributed by atoms with E-state index in [0.717, 1.165) is 29.1 Å². The highest BCUT2D eigenvalue weighted by molar-refractivity contribution is 5.97. The van der Waals surface area contributed by atoms with Crippen molar-refractivity contribution in [2.45, 2.75) is 25.7 Å². The van der Waals surface area contributed by atoms with Crippen molar-refractivity contribution in [1.29, 1.82) is 0 Å². The summed E-state index contributed by atoms with van der Waals surface area (Å²) in [6.45, 7) is -0.537. The first-order valence-electron chi connectivity index (χ1n) is 8.84. The second-order valence-electron chi connectivity index (χ2n) is 6.51. The molecule has 0 bridgehead atoms. The number of hydrogen-bond acceptors (Lipinski definition) is 8. The minimum atomic E-state index is -0.458. The number of amides is 4. The van der Waals surface area contributed by atoms with E-state index in [4.69, 9.17) is 22.9 Å². The van der Waals surface area contributed by atoms with Crippen molar-refractivity contribution in [2.75, 3.05) is 39.3 Å². The molecule has 0 aromatic heterocycles. The van der Waals surface area contributed by atoms with Crippen LogP contribution in [-0.4, -0.2) is 72.7 Å². The summed E-state index contributed by atoms with van der Waals surface area (Å²) >= 11 is 0. The fraction of sp³-hybridized carbons (Fsp3) is 0.750. The summed E-state index contributed by atoms with van der Waals surface area (Å²) in [6.07, 6.45) is 3.24. The van der Waals surface area contributed by atoms with E-state index < -0.39 is 23.6 Å². The third-order valence-electron chi connectivity index (χ3n) is 4.68. The molecular weight excluding hydrogens is 340 g/mol. The van der Waals surface area contributed by atoms with Gasteiger partial charge in [0.15, 0.2) is 0 Å². The average molecular weight is 370 g/mol. The number of rotatable bonds is 8. The number of nitrogens with zero attached hydrogens (tertiary/aromatic N) is 2. The minimum absolute atomic E-state index is 0.0718. The standard InChI is InChI=1S/C16H30N6O4/c17-5-13(23)21(14(24)6-18)9-11-2-1-3-12(4-11)10-22(15(25)7-19)16(26)8-20/h11-12H,1-10,17-20H2. The highest BCUT2D eigenvalue weighted by Gasteiger charge is 2.30. The van der Waals surface area contributed by atoms with Gasteiger partial charge < -0.3 is 22.9 Å². The van der Waals surface area contributed by atoms with Gasteiger partial charge in [-0.25, -0.2) is 0 Å². The Morgan fingerprint density at radius 2 is 0.962 bits per heavy atom. The van der Waals surface area contributed by atoms with Gasteiger partial charge in [0, 0.05) is 13.1 Å². The molecule has 2 unspecified atom stereocenters. The molecule has 4 amide bonds. The molecule has 1 aliphatic rings. The van der Waals surface area contributed by atoms with Gasteiger partial charge in [-0.3, -0.25) is 29.0 Å². The normalized spacial score (nSPS) is 19.7. The van der Waals surface area contributed by atoms with Crippen LogP contribution < -0.4 is 22.9 Å². The van der Waals surface area contributed by atoms with Crippen LogP contribution in [0.5, 0.6) is 0 Å². The van der Waals surface area contributed by atoms with E-state index in [-0.39, 0.29) is 51.1 Å². The molecule has 1 rings (SSSR count). The topological polar surface area (TPSA) is 179 Å². The Kier molecular flexibility index (Phi) is 9.35. The number of hydrogen-bond donors (Lipinski definition) is 4. The van der Waals surface area contributed by atoms with Gasteiger partial charge in [-0.2, -0.15) is 0 Å². The lowest BCUT2D eigenvalue weighted by Gasteiger charge is -2.34. The third-order valence-corrected chi connectivity index (χ3v) is 4.68. The Bertz CT molecular complexity index is 451. The van der Waals surface area contributed by atoms with E-state index in [1.165, 1.54) is 0 Å². The molecule has 0 aliphatic heterocycles. The van der Waals surface area contributed by atoms with Crippen molar-refractivity contribution >= 4 is 23.6 Å². The van der Waals surface area contributed by atoms with Crippen LogP contribution in [0, 0.1) is 11.8 Å². The smallest absolute Gasteiger partial charge is 0.242 e. The van der Waals surface area contributed by atoms with Crippen LogP contribution in [0.4, 0.5) is 0 Å². The molecule has 1 saturated carbocycles. The Labute approximate surface area is 153 Å². The number of carbonyl (C=O) groups is 4. The maximum absolute atomic E-state index is 11.9. The van der Waals surface area contributed by atoms with Gasteiger partial charge >= 0.3 is 0 Å². The zero-order valence-electron chi connectivity index (χ0n) is 15.1. The maximum Gasteiger partial charge on any atom is 0.242 e. The maximum atomic E-state index is 11.9. The molecule has 0 saturated heterocycles. The fourth-order valence-electron chi connectivity index (χ4n) is 3.38. The molecule has 148 valence electrons. The minimum Gasteiger partial charge on any atom is -0.322 e. The first-order valence-corrected chi connectivity index (χ1v) is 8.84. The van der Waals surface area contributed by atoms with Crippen molar-refractivity contribution in [3.05, 3.63) is 0 Å². The van der Waals surface area contributed by atoms with E-state index in [2.05, 4.69) is 0 Å². The molecule has 1 aliphatic carbocycles. The van der Waals surface area contributed by atoms with E-state index >= 15 is 0 Å². The second-order valence-corrected chi connectivity index (χ2v) is 6.51.